The number of rotatable bonds is 2. The van der Waals surface area contributed by atoms with E-state index in [9.17, 15) is 9.90 Å². The Balaban J connectivity index is 1.82. The Morgan fingerprint density at radius 2 is 1.75 bits per heavy atom. The fourth-order valence-corrected chi connectivity index (χ4v) is 5.29. The van der Waals surface area contributed by atoms with Crippen LogP contribution in [0.1, 0.15) is 65.7 Å². The van der Waals surface area contributed by atoms with Gasteiger partial charge in [-0.05, 0) is 43.4 Å². The highest BCUT2D eigenvalue weighted by molar-refractivity contribution is 5.71. The normalized spacial score (nSPS) is 42.0. The summed E-state index contributed by atoms with van der Waals surface area (Å²) in [4.78, 5) is 14.1. The molecule has 2 heterocycles. The van der Waals surface area contributed by atoms with Crippen molar-refractivity contribution in [2.75, 3.05) is 0 Å². The first-order chi connectivity index (χ1) is 9.39. The third-order valence-corrected chi connectivity index (χ3v) is 6.13. The van der Waals surface area contributed by atoms with E-state index < -0.39 is 5.97 Å². The third kappa shape index (κ3) is 2.28. The molecule has 1 saturated carbocycles. The van der Waals surface area contributed by atoms with E-state index >= 15 is 0 Å². The van der Waals surface area contributed by atoms with Crippen LogP contribution in [-0.2, 0) is 4.79 Å². The minimum Gasteiger partial charge on any atom is -0.481 e. The van der Waals surface area contributed by atoms with Gasteiger partial charge in [-0.25, -0.2) is 0 Å². The van der Waals surface area contributed by atoms with Crippen molar-refractivity contribution >= 4 is 5.97 Å². The van der Waals surface area contributed by atoms with E-state index in [-0.39, 0.29) is 5.92 Å². The predicted octanol–water partition coefficient (Wildman–Crippen LogP) is 3.53. The summed E-state index contributed by atoms with van der Waals surface area (Å²) in [5.74, 6) is 0.0634. The number of hydrogen-bond acceptors (Lipinski definition) is 2. The smallest absolute Gasteiger partial charge is 0.308 e. The van der Waals surface area contributed by atoms with Crippen LogP contribution in [0.4, 0.5) is 0 Å². The van der Waals surface area contributed by atoms with Gasteiger partial charge in [0.2, 0.25) is 0 Å². The summed E-state index contributed by atoms with van der Waals surface area (Å²) >= 11 is 0. The molecule has 0 radical (unpaired) electrons. The minimum absolute atomic E-state index is 0.101. The van der Waals surface area contributed by atoms with E-state index in [4.69, 9.17) is 0 Å². The Kier molecular flexibility index (Phi) is 3.60. The second kappa shape index (κ2) is 5.01. The fourth-order valence-electron chi connectivity index (χ4n) is 5.29. The lowest BCUT2D eigenvalue weighted by Gasteiger charge is -2.46. The molecule has 3 fully saturated rings. The van der Waals surface area contributed by atoms with Crippen LogP contribution >= 0.6 is 0 Å². The van der Waals surface area contributed by atoms with Crippen LogP contribution in [0.15, 0.2) is 0 Å². The summed E-state index contributed by atoms with van der Waals surface area (Å²) in [6, 6.07) is 1.50. The SMILES string of the molecule is CC(C)(C)C1CCCCC1N1C2CCC1C(C(=O)O)C2. The first-order valence-electron chi connectivity index (χ1n) is 8.40. The maximum Gasteiger partial charge on any atom is 0.308 e. The Bertz CT molecular complexity index is 387. The van der Waals surface area contributed by atoms with Gasteiger partial charge < -0.3 is 5.11 Å². The van der Waals surface area contributed by atoms with Crippen LogP contribution in [-0.4, -0.2) is 34.1 Å². The average molecular weight is 279 g/mol. The lowest BCUT2D eigenvalue weighted by atomic mass is 9.69. The first kappa shape index (κ1) is 14.4. The van der Waals surface area contributed by atoms with Gasteiger partial charge in [-0.2, -0.15) is 0 Å². The topological polar surface area (TPSA) is 40.5 Å². The van der Waals surface area contributed by atoms with Gasteiger partial charge >= 0.3 is 5.97 Å². The third-order valence-electron chi connectivity index (χ3n) is 6.13. The molecule has 5 atom stereocenters. The van der Waals surface area contributed by atoms with Crippen LogP contribution in [0.5, 0.6) is 0 Å². The zero-order valence-electron chi connectivity index (χ0n) is 13.1. The molecule has 2 aliphatic heterocycles. The van der Waals surface area contributed by atoms with Crippen molar-refractivity contribution in [3.05, 3.63) is 0 Å². The van der Waals surface area contributed by atoms with Gasteiger partial charge in [-0.1, -0.05) is 33.6 Å². The maximum atomic E-state index is 11.5. The predicted molar refractivity (Wildman–Crippen MR) is 79.6 cm³/mol. The Morgan fingerprint density at radius 1 is 1.05 bits per heavy atom. The van der Waals surface area contributed by atoms with Crippen molar-refractivity contribution in [1.29, 1.82) is 0 Å². The van der Waals surface area contributed by atoms with Gasteiger partial charge in [-0.3, -0.25) is 9.69 Å². The lowest BCUT2D eigenvalue weighted by Crippen LogP contribution is -2.49. The van der Waals surface area contributed by atoms with E-state index in [2.05, 4.69) is 25.7 Å². The number of carboxylic acids is 1. The molecule has 3 nitrogen and oxygen atoms in total. The van der Waals surface area contributed by atoms with Crippen LogP contribution < -0.4 is 0 Å². The number of aliphatic carboxylic acids is 1. The molecule has 0 aromatic carbocycles. The van der Waals surface area contributed by atoms with E-state index in [1.165, 1.54) is 32.1 Å². The standard InChI is InChI=1S/C17H29NO2/c1-17(2,3)13-6-4-5-7-15(13)18-11-8-9-14(18)12(10-11)16(19)20/h11-15H,4-10H2,1-3H3,(H,19,20). The van der Waals surface area contributed by atoms with Gasteiger partial charge in [0.05, 0.1) is 5.92 Å². The monoisotopic (exact) mass is 279 g/mol. The Labute approximate surface area is 122 Å². The van der Waals surface area contributed by atoms with Crippen molar-refractivity contribution in [1.82, 2.24) is 4.90 Å². The quantitative estimate of drug-likeness (QED) is 0.840. The summed E-state index contributed by atoms with van der Waals surface area (Å²) in [6.07, 6.45) is 8.50. The molecule has 114 valence electrons. The van der Waals surface area contributed by atoms with Gasteiger partial charge in [0.1, 0.15) is 0 Å². The van der Waals surface area contributed by atoms with E-state index in [0.717, 1.165) is 18.8 Å². The van der Waals surface area contributed by atoms with E-state index in [1.807, 2.05) is 0 Å². The number of hydrogen-bond donors (Lipinski definition) is 1. The number of carboxylic acid groups (broad SMARTS) is 1. The second-order valence-electron chi connectivity index (χ2n) is 8.25. The minimum atomic E-state index is -0.565. The molecule has 3 aliphatic rings. The fraction of sp³-hybridized carbons (Fsp3) is 0.941. The number of nitrogens with zero attached hydrogens (tertiary/aromatic N) is 1. The molecule has 0 aromatic rings. The molecular weight excluding hydrogens is 250 g/mol. The zero-order chi connectivity index (χ0) is 14.5. The highest BCUT2D eigenvalue weighted by Crippen LogP contribution is 2.49. The maximum absolute atomic E-state index is 11.5. The molecule has 2 saturated heterocycles. The molecule has 3 rings (SSSR count). The van der Waals surface area contributed by atoms with Crippen molar-refractivity contribution in [3.8, 4) is 0 Å². The van der Waals surface area contributed by atoms with Crippen LogP contribution in [0.25, 0.3) is 0 Å². The van der Waals surface area contributed by atoms with E-state index in [1.54, 1.807) is 0 Å². The van der Waals surface area contributed by atoms with Crippen LogP contribution in [0.3, 0.4) is 0 Å². The van der Waals surface area contributed by atoms with Crippen molar-refractivity contribution in [3.63, 3.8) is 0 Å². The van der Waals surface area contributed by atoms with Crippen molar-refractivity contribution in [2.45, 2.75) is 83.8 Å². The molecule has 0 aromatic heterocycles. The van der Waals surface area contributed by atoms with Gasteiger partial charge in [0.15, 0.2) is 0 Å². The van der Waals surface area contributed by atoms with Gasteiger partial charge in [0.25, 0.3) is 0 Å². The molecule has 1 aliphatic carbocycles. The number of carbonyl (C=O) groups is 1. The second-order valence-corrected chi connectivity index (χ2v) is 8.25. The number of fused-ring (bicyclic) bond motifs is 2. The van der Waals surface area contributed by atoms with Gasteiger partial charge in [-0.15, -0.1) is 0 Å². The molecular formula is C17H29NO2. The summed E-state index contributed by atoms with van der Waals surface area (Å²) in [6.45, 7) is 7.09. The Morgan fingerprint density at radius 3 is 2.35 bits per heavy atom. The first-order valence-corrected chi connectivity index (χ1v) is 8.40. The highest BCUT2D eigenvalue weighted by atomic mass is 16.4. The van der Waals surface area contributed by atoms with E-state index in [0.29, 0.717) is 23.5 Å². The van der Waals surface area contributed by atoms with Crippen LogP contribution in [0.2, 0.25) is 0 Å². The average Bonchev–Trinajstić information content (AvgIpc) is 2.95. The lowest BCUT2D eigenvalue weighted by molar-refractivity contribution is -0.142. The molecule has 0 amide bonds. The van der Waals surface area contributed by atoms with Gasteiger partial charge in [0, 0.05) is 18.1 Å². The van der Waals surface area contributed by atoms with Crippen molar-refractivity contribution in [2.24, 2.45) is 17.3 Å². The summed E-state index contributed by atoms with van der Waals surface area (Å²) in [5, 5.41) is 9.45. The summed E-state index contributed by atoms with van der Waals surface area (Å²) < 4.78 is 0. The molecule has 5 unspecified atom stereocenters. The highest BCUT2D eigenvalue weighted by Gasteiger charge is 2.53. The molecule has 3 heteroatoms. The zero-order valence-corrected chi connectivity index (χ0v) is 13.1. The summed E-state index contributed by atoms with van der Waals surface area (Å²) in [5.41, 5.74) is 0.339. The molecule has 20 heavy (non-hydrogen) atoms. The summed E-state index contributed by atoms with van der Waals surface area (Å²) in [7, 11) is 0. The Hall–Kier alpha value is -0.570. The largest absolute Gasteiger partial charge is 0.481 e. The molecule has 0 spiro atoms. The molecule has 2 bridgehead atoms. The van der Waals surface area contributed by atoms with Crippen LogP contribution in [0, 0.1) is 17.3 Å². The molecule has 1 N–H and O–H groups in total. The van der Waals surface area contributed by atoms with Crippen molar-refractivity contribution < 1.29 is 9.90 Å².